The van der Waals surface area contributed by atoms with Gasteiger partial charge in [0.2, 0.25) is 5.75 Å². The van der Waals surface area contributed by atoms with Gasteiger partial charge in [0.25, 0.3) is 0 Å². The number of hydrogen-bond donors (Lipinski definition) is 0. The second-order valence-corrected chi connectivity index (χ2v) is 3.59. The Hall–Kier alpha value is -1.18. The number of unbranched alkanes of at least 4 members (excludes halogenated alkanes) is 3. The summed E-state index contributed by atoms with van der Waals surface area (Å²) in [6.07, 6.45) is 4.96. The van der Waals surface area contributed by atoms with E-state index in [0.29, 0.717) is 0 Å². The van der Waals surface area contributed by atoms with Gasteiger partial charge in [-0.25, -0.2) is 0 Å². The average molecular weight is 192 g/mol. The molecule has 0 atom stereocenters. The van der Waals surface area contributed by atoms with E-state index in [1.807, 2.05) is 18.2 Å². The van der Waals surface area contributed by atoms with E-state index in [1.54, 1.807) is 0 Å². The molecule has 2 heteroatoms. The largest absolute Gasteiger partial charge is 0.490 e. The van der Waals surface area contributed by atoms with Crippen LogP contribution >= 0.6 is 0 Å². The van der Waals surface area contributed by atoms with Gasteiger partial charge in [0.15, 0.2) is 11.5 Å². The topological polar surface area (TPSA) is 21.8 Å². The van der Waals surface area contributed by atoms with Crippen molar-refractivity contribution in [3.05, 3.63) is 18.2 Å². The van der Waals surface area contributed by atoms with Crippen molar-refractivity contribution in [2.45, 2.75) is 32.6 Å². The summed E-state index contributed by atoms with van der Waals surface area (Å²) in [5, 5.41) is 0. The first kappa shape index (κ1) is 9.38. The Kier molecular flexibility index (Phi) is 2.92. The minimum Gasteiger partial charge on any atom is -0.490 e. The number of para-hydroxylation sites is 1. The number of benzene rings is 1. The fourth-order valence-corrected chi connectivity index (χ4v) is 1.49. The van der Waals surface area contributed by atoms with Crippen LogP contribution in [0.2, 0.25) is 0 Å². The Morgan fingerprint density at radius 1 is 1.21 bits per heavy atom. The van der Waals surface area contributed by atoms with E-state index in [2.05, 4.69) is 6.92 Å². The van der Waals surface area contributed by atoms with Gasteiger partial charge in [0.05, 0.1) is 6.61 Å². The van der Waals surface area contributed by atoms with Crippen LogP contribution in [-0.4, -0.2) is 6.61 Å². The predicted molar refractivity (Wildman–Crippen MR) is 56.2 cm³/mol. The SMILES string of the molecule is CCCCCCOc1cccc2c1O2. The normalized spacial score (nSPS) is 11.8. The van der Waals surface area contributed by atoms with Crippen LogP contribution in [0, 0.1) is 0 Å². The zero-order valence-electron chi connectivity index (χ0n) is 8.58. The molecule has 2 rings (SSSR count). The zero-order valence-corrected chi connectivity index (χ0v) is 8.58. The van der Waals surface area contributed by atoms with Crippen LogP contribution in [0.4, 0.5) is 0 Å². The molecule has 0 radical (unpaired) electrons. The molecule has 14 heavy (non-hydrogen) atoms. The van der Waals surface area contributed by atoms with Crippen molar-refractivity contribution in [2.75, 3.05) is 6.61 Å². The summed E-state index contributed by atoms with van der Waals surface area (Å²) in [7, 11) is 0. The predicted octanol–water partition coefficient (Wildman–Crippen LogP) is 3.75. The van der Waals surface area contributed by atoms with Crippen LogP contribution in [0.1, 0.15) is 32.6 Å². The average Bonchev–Trinajstić information content (AvgIpc) is 2.97. The highest BCUT2D eigenvalue weighted by atomic mass is 16.6. The summed E-state index contributed by atoms with van der Waals surface area (Å²) in [5.74, 6) is 2.80. The van der Waals surface area contributed by atoms with Gasteiger partial charge in [0.1, 0.15) is 0 Å². The molecular weight excluding hydrogens is 176 g/mol. The van der Waals surface area contributed by atoms with Crippen molar-refractivity contribution in [1.29, 1.82) is 0 Å². The van der Waals surface area contributed by atoms with E-state index in [1.165, 1.54) is 19.3 Å². The minimum atomic E-state index is 0.805. The lowest BCUT2D eigenvalue weighted by Crippen LogP contribution is -1.96. The van der Waals surface area contributed by atoms with Crippen LogP contribution in [0.25, 0.3) is 0 Å². The highest BCUT2D eigenvalue weighted by molar-refractivity contribution is 5.62. The van der Waals surface area contributed by atoms with Gasteiger partial charge in [-0.1, -0.05) is 32.3 Å². The Labute approximate surface area is 84.8 Å². The molecule has 0 N–H and O–H groups in total. The van der Waals surface area contributed by atoms with Crippen LogP contribution < -0.4 is 9.47 Å². The zero-order chi connectivity index (χ0) is 9.80. The molecule has 0 unspecified atom stereocenters. The third kappa shape index (κ3) is 2.19. The highest BCUT2D eigenvalue weighted by Gasteiger charge is 2.24. The van der Waals surface area contributed by atoms with Crippen molar-refractivity contribution in [1.82, 2.24) is 0 Å². The maximum atomic E-state index is 5.61. The highest BCUT2D eigenvalue weighted by Crippen LogP contribution is 2.52. The number of rotatable bonds is 6. The Bertz CT molecular complexity index is 307. The smallest absolute Gasteiger partial charge is 0.211 e. The summed E-state index contributed by atoms with van der Waals surface area (Å²) in [4.78, 5) is 0. The molecule has 0 aliphatic carbocycles. The molecule has 0 aromatic heterocycles. The molecule has 0 bridgehead atoms. The van der Waals surface area contributed by atoms with E-state index < -0.39 is 0 Å². The lowest BCUT2D eigenvalue weighted by molar-refractivity contribution is 0.302. The Balaban J connectivity index is 1.69. The first-order chi connectivity index (χ1) is 6.92. The molecule has 0 saturated heterocycles. The fraction of sp³-hybridized carbons (Fsp3) is 0.500. The molecule has 1 aromatic carbocycles. The second-order valence-electron chi connectivity index (χ2n) is 3.59. The van der Waals surface area contributed by atoms with E-state index >= 15 is 0 Å². The molecule has 1 aliphatic heterocycles. The van der Waals surface area contributed by atoms with Crippen molar-refractivity contribution >= 4 is 0 Å². The van der Waals surface area contributed by atoms with Gasteiger partial charge >= 0.3 is 0 Å². The Morgan fingerprint density at radius 2 is 2.14 bits per heavy atom. The first-order valence-corrected chi connectivity index (χ1v) is 5.35. The summed E-state index contributed by atoms with van der Waals surface area (Å²) < 4.78 is 10.8. The Morgan fingerprint density at radius 3 is 3.00 bits per heavy atom. The van der Waals surface area contributed by atoms with Crippen LogP contribution in [-0.2, 0) is 0 Å². The summed E-state index contributed by atoms with van der Waals surface area (Å²) in [6.45, 7) is 3.02. The molecule has 1 aliphatic rings. The quantitative estimate of drug-likeness (QED) is 0.513. The van der Waals surface area contributed by atoms with Crippen molar-refractivity contribution in [3.8, 4) is 17.2 Å². The van der Waals surface area contributed by atoms with Gasteiger partial charge in [-0.3, -0.25) is 0 Å². The van der Waals surface area contributed by atoms with Gasteiger partial charge < -0.3 is 9.47 Å². The van der Waals surface area contributed by atoms with Gasteiger partial charge in [0, 0.05) is 0 Å². The van der Waals surface area contributed by atoms with E-state index in [4.69, 9.17) is 9.47 Å². The molecular formula is C12H16O2. The molecule has 2 nitrogen and oxygen atoms in total. The second kappa shape index (κ2) is 4.36. The van der Waals surface area contributed by atoms with E-state index in [0.717, 1.165) is 30.3 Å². The molecule has 1 aromatic rings. The van der Waals surface area contributed by atoms with E-state index in [9.17, 15) is 0 Å². The fourth-order valence-electron chi connectivity index (χ4n) is 1.49. The molecule has 0 fully saturated rings. The molecule has 0 spiro atoms. The third-order valence-corrected chi connectivity index (χ3v) is 2.37. The number of fused-ring (bicyclic) bond motifs is 1. The standard InChI is InChI=1S/C12H16O2/c1-2-3-4-5-9-13-10-7-6-8-11-12(10)14-11/h6-8H,2-5,9H2,1H3. The maximum absolute atomic E-state index is 5.61. The molecule has 0 amide bonds. The maximum Gasteiger partial charge on any atom is 0.211 e. The summed E-state index contributed by atoms with van der Waals surface area (Å²) in [6, 6.07) is 5.89. The van der Waals surface area contributed by atoms with E-state index in [-0.39, 0.29) is 0 Å². The molecule has 0 saturated carbocycles. The van der Waals surface area contributed by atoms with Crippen molar-refractivity contribution in [2.24, 2.45) is 0 Å². The molecule has 1 heterocycles. The third-order valence-electron chi connectivity index (χ3n) is 2.37. The molecule has 76 valence electrons. The monoisotopic (exact) mass is 192 g/mol. The minimum absolute atomic E-state index is 0.805. The summed E-state index contributed by atoms with van der Waals surface area (Å²) >= 11 is 0. The first-order valence-electron chi connectivity index (χ1n) is 5.35. The van der Waals surface area contributed by atoms with Crippen LogP contribution in [0.15, 0.2) is 18.2 Å². The van der Waals surface area contributed by atoms with Crippen LogP contribution in [0.5, 0.6) is 17.2 Å². The number of hydrogen-bond acceptors (Lipinski definition) is 2. The van der Waals surface area contributed by atoms with Gasteiger partial charge in [-0.2, -0.15) is 0 Å². The number of ether oxygens (including phenoxy) is 2. The van der Waals surface area contributed by atoms with Gasteiger partial charge in [-0.05, 0) is 18.6 Å². The van der Waals surface area contributed by atoms with Crippen LogP contribution in [0.3, 0.4) is 0 Å². The van der Waals surface area contributed by atoms with Crippen molar-refractivity contribution in [3.63, 3.8) is 0 Å². The van der Waals surface area contributed by atoms with Gasteiger partial charge in [-0.15, -0.1) is 0 Å². The van der Waals surface area contributed by atoms with Crippen molar-refractivity contribution < 1.29 is 9.47 Å². The lowest BCUT2D eigenvalue weighted by atomic mass is 10.2. The summed E-state index contributed by atoms with van der Waals surface area (Å²) in [5.41, 5.74) is 0. The lowest BCUT2D eigenvalue weighted by Gasteiger charge is -2.03.